The first-order valence-electron chi connectivity index (χ1n) is 5.09. The number of alkyl halides is 3. The maximum atomic E-state index is 12.2. The Labute approximate surface area is 91.4 Å². The molecule has 1 aliphatic rings. The molecule has 0 amide bonds. The van der Waals surface area contributed by atoms with E-state index in [9.17, 15) is 13.2 Å². The predicted molar refractivity (Wildman–Crippen MR) is 52.9 cm³/mol. The van der Waals surface area contributed by atoms with Crippen molar-refractivity contribution in [1.82, 2.24) is 5.32 Å². The summed E-state index contributed by atoms with van der Waals surface area (Å²) in [6, 6.07) is 7.10. The number of halogens is 3. The van der Waals surface area contributed by atoms with Gasteiger partial charge in [0.15, 0.2) is 0 Å². The van der Waals surface area contributed by atoms with Crippen molar-refractivity contribution >= 4 is 0 Å². The molecule has 2 nitrogen and oxygen atoms in total. The van der Waals surface area contributed by atoms with E-state index >= 15 is 0 Å². The molecule has 1 aromatic rings. The molecule has 0 saturated carbocycles. The van der Waals surface area contributed by atoms with E-state index in [4.69, 9.17) is 0 Å². The molecule has 0 bridgehead atoms. The average Bonchev–Trinajstić information content (AvgIpc) is 2.39. The maximum absolute atomic E-state index is 12.2. The van der Waals surface area contributed by atoms with Crippen molar-refractivity contribution in [3.05, 3.63) is 35.4 Å². The number of rotatable bonds is 1. The molecular weight excluding hydrogens is 219 g/mol. The summed E-state index contributed by atoms with van der Waals surface area (Å²) in [7, 11) is 0. The Morgan fingerprint density at radius 1 is 1.25 bits per heavy atom. The fourth-order valence-electron chi connectivity index (χ4n) is 1.91. The lowest BCUT2D eigenvalue weighted by molar-refractivity contribution is -0.343. The third kappa shape index (κ3) is 2.74. The highest BCUT2D eigenvalue weighted by Crippen LogP contribution is 2.30. The van der Waals surface area contributed by atoms with Crippen LogP contribution < -0.4 is 5.32 Å². The molecule has 88 valence electrons. The quantitative estimate of drug-likeness (QED) is 0.801. The zero-order chi connectivity index (χ0) is 11.6. The molecule has 1 unspecified atom stereocenters. The molecular formula is C11H12F3NO. The van der Waals surface area contributed by atoms with E-state index in [-0.39, 0.29) is 6.54 Å². The van der Waals surface area contributed by atoms with Crippen LogP contribution in [0.2, 0.25) is 0 Å². The Balaban J connectivity index is 2.26. The molecule has 2 rings (SSSR count). The van der Waals surface area contributed by atoms with E-state index < -0.39 is 12.5 Å². The monoisotopic (exact) mass is 231 g/mol. The van der Waals surface area contributed by atoms with Gasteiger partial charge in [0.2, 0.25) is 0 Å². The summed E-state index contributed by atoms with van der Waals surface area (Å²) in [5.74, 6) is 0. The van der Waals surface area contributed by atoms with Gasteiger partial charge in [-0.15, -0.1) is 13.2 Å². The normalized spacial score (nSPS) is 21.3. The highest BCUT2D eigenvalue weighted by atomic mass is 19.4. The Kier molecular flexibility index (Phi) is 3.16. The van der Waals surface area contributed by atoms with Crippen LogP contribution in [0, 0.1) is 0 Å². The van der Waals surface area contributed by atoms with Crippen molar-refractivity contribution in [2.45, 2.75) is 18.9 Å². The third-order valence-electron chi connectivity index (χ3n) is 2.58. The van der Waals surface area contributed by atoms with Crippen LogP contribution >= 0.6 is 0 Å². The highest BCUT2D eigenvalue weighted by Gasteiger charge is 2.35. The molecule has 5 heteroatoms. The van der Waals surface area contributed by atoms with E-state index in [1.54, 1.807) is 12.1 Å². The minimum Gasteiger partial charge on any atom is -0.313 e. The number of benzene rings is 1. The van der Waals surface area contributed by atoms with Gasteiger partial charge in [-0.25, -0.2) is 0 Å². The largest absolute Gasteiger partial charge is 0.523 e. The number of fused-ring (bicyclic) bond motifs is 1. The van der Waals surface area contributed by atoms with Crippen molar-refractivity contribution in [3.8, 4) is 0 Å². The van der Waals surface area contributed by atoms with Crippen molar-refractivity contribution in [2.24, 2.45) is 0 Å². The lowest BCUT2D eigenvalue weighted by atomic mass is 10.0. The molecule has 1 heterocycles. The summed E-state index contributed by atoms with van der Waals surface area (Å²) in [4.78, 5) is 0. The van der Waals surface area contributed by atoms with Gasteiger partial charge in [-0.2, -0.15) is 0 Å². The Bertz CT molecular complexity index is 364. The first-order valence-corrected chi connectivity index (χ1v) is 5.09. The van der Waals surface area contributed by atoms with Crippen LogP contribution in [-0.4, -0.2) is 19.5 Å². The lowest BCUT2D eigenvalue weighted by Crippen LogP contribution is -2.26. The zero-order valence-corrected chi connectivity index (χ0v) is 8.55. The summed E-state index contributed by atoms with van der Waals surface area (Å²) in [5, 5.41) is 2.94. The molecule has 0 radical (unpaired) electrons. The second kappa shape index (κ2) is 4.43. The summed E-state index contributed by atoms with van der Waals surface area (Å²) >= 11 is 0. The lowest BCUT2D eigenvalue weighted by Gasteiger charge is -2.19. The first kappa shape index (κ1) is 11.4. The molecule has 1 aromatic carbocycles. The van der Waals surface area contributed by atoms with E-state index in [0.29, 0.717) is 12.1 Å². The number of hydrogen-bond donors (Lipinski definition) is 1. The van der Waals surface area contributed by atoms with Gasteiger partial charge in [-0.3, -0.25) is 4.74 Å². The fraction of sp³-hybridized carbons (Fsp3) is 0.455. The van der Waals surface area contributed by atoms with E-state index in [0.717, 1.165) is 12.0 Å². The van der Waals surface area contributed by atoms with E-state index in [1.165, 1.54) is 0 Å². The Hall–Kier alpha value is -1.07. The molecule has 1 atom stereocenters. The number of ether oxygens (including phenoxy) is 1. The summed E-state index contributed by atoms with van der Waals surface area (Å²) in [6.45, 7) is 0.866. The molecule has 0 spiro atoms. The second-order valence-electron chi connectivity index (χ2n) is 3.71. The molecule has 1 aliphatic heterocycles. The smallest absolute Gasteiger partial charge is 0.313 e. The van der Waals surface area contributed by atoms with Crippen LogP contribution in [0.5, 0.6) is 0 Å². The van der Waals surface area contributed by atoms with Crippen LogP contribution in [0.4, 0.5) is 13.2 Å². The van der Waals surface area contributed by atoms with Gasteiger partial charge in [-0.05, 0) is 24.1 Å². The predicted octanol–water partition coefficient (Wildman–Crippen LogP) is 2.41. The van der Waals surface area contributed by atoms with Gasteiger partial charge in [-0.1, -0.05) is 24.3 Å². The van der Waals surface area contributed by atoms with Gasteiger partial charge in [0.25, 0.3) is 0 Å². The number of nitrogens with one attached hydrogen (secondary N) is 1. The molecule has 16 heavy (non-hydrogen) atoms. The van der Waals surface area contributed by atoms with Crippen molar-refractivity contribution < 1.29 is 17.9 Å². The zero-order valence-electron chi connectivity index (χ0n) is 8.55. The van der Waals surface area contributed by atoms with Crippen LogP contribution in [0.15, 0.2) is 24.3 Å². The Morgan fingerprint density at radius 3 is 2.75 bits per heavy atom. The van der Waals surface area contributed by atoms with Crippen molar-refractivity contribution in [2.75, 3.05) is 13.1 Å². The van der Waals surface area contributed by atoms with Gasteiger partial charge < -0.3 is 5.32 Å². The second-order valence-corrected chi connectivity index (χ2v) is 3.71. The van der Waals surface area contributed by atoms with Crippen molar-refractivity contribution in [1.29, 1.82) is 0 Å². The number of hydrogen-bond acceptors (Lipinski definition) is 2. The average molecular weight is 231 g/mol. The Morgan fingerprint density at radius 2 is 2.00 bits per heavy atom. The van der Waals surface area contributed by atoms with Gasteiger partial charge in [0.05, 0.1) is 0 Å². The van der Waals surface area contributed by atoms with Crippen LogP contribution in [-0.2, 0) is 11.2 Å². The van der Waals surface area contributed by atoms with Gasteiger partial charge in [0, 0.05) is 6.54 Å². The van der Waals surface area contributed by atoms with Gasteiger partial charge >= 0.3 is 6.36 Å². The third-order valence-corrected chi connectivity index (χ3v) is 2.58. The summed E-state index contributed by atoms with van der Waals surface area (Å²) < 4.78 is 40.8. The topological polar surface area (TPSA) is 21.3 Å². The molecule has 0 aromatic heterocycles. The molecule has 0 fully saturated rings. The van der Waals surface area contributed by atoms with E-state index in [1.807, 2.05) is 12.1 Å². The molecule has 0 saturated heterocycles. The fourth-order valence-corrected chi connectivity index (χ4v) is 1.91. The van der Waals surface area contributed by atoms with Crippen LogP contribution in [0.1, 0.15) is 17.2 Å². The van der Waals surface area contributed by atoms with Gasteiger partial charge in [0.1, 0.15) is 6.10 Å². The summed E-state index contributed by atoms with van der Waals surface area (Å²) in [5.41, 5.74) is 1.55. The minimum absolute atomic E-state index is 0.191. The van der Waals surface area contributed by atoms with Crippen LogP contribution in [0.25, 0.3) is 0 Å². The minimum atomic E-state index is -4.59. The summed E-state index contributed by atoms with van der Waals surface area (Å²) in [6.07, 6.45) is -4.81. The van der Waals surface area contributed by atoms with Crippen LogP contribution in [0.3, 0.4) is 0 Å². The van der Waals surface area contributed by atoms with E-state index in [2.05, 4.69) is 10.1 Å². The van der Waals surface area contributed by atoms with Crippen molar-refractivity contribution in [3.63, 3.8) is 0 Å². The highest BCUT2D eigenvalue weighted by molar-refractivity contribution is 5.30. The standard InChI is InChI=1S/C11H12F3NO/c12-11(13,14)16-10-7-15-6-5-8-3-1-2-4-9(8)10/h1-4,10,15H,5-7H2. The molecule has 1 N–H and O–H groups in total. The maximum Gasteiger partial charge on any atom is 0.523 e. The first-order chi connectivity index (χ1) is 7.56. The SMILES string of the molecule is FC(F)(F)OC1CNCCc2ccccc21. The molecule has 0 aliphatic carbocycles.